The highest BCUT2D eigenvalue weighted by Gasteiger charge is 2.34. The summed E-state index contributed by atoms with van der Waals surface area (Å²) in [5.74, 6) is -2.40. The molecule has 2 N–H and O–H groups in total. The number of amides is 3. The van der Waals surface area contributed by atoms with Crippen LogP contribution in [0.1, 0.15) is 47.4 Å². The van der Waals surface area contributed by atoms with Gasteiger partial charge >= 0.3 is 0 Å². The Morgan fingerprint density at radius 1 is 0.938 bits per heavy atom. The molecule has 3 rings (SSSR count). The molecule has 6 nitrogen and oxygen atoms in total. The summed E-state index contributed by atoms with van der Waals surface area (Å²) in [6.45, 7) is 4.34. The molecule has 0 bridgehead atoms. The van der Waals surface area contributed by atoms with Gasteiger partial charge in [0, 0.05) is 24.7 Å². The maximum Gasteiger partial charge on any atom is 0.256 e. The van der Waals surface area contributed by atoms with Crippen LogP contribution in [0.4, 0.5) is 8.78 Å². The Bertz CT molecular complexity index is 971. The molecule has 0 aliphatic carbocycles. The average Bonchev–Trinajstić information content (AvgIpc) is 2.77. The molecule has 0 unspecified atom stereocenters. The Hall–Kier alpha value is -3.29. The van der Waals surface area contributed by atoms with E-state index < -0.39 is 23.6 Å². The molecule has 2 aromatic rings. The summed E-state index contributed by atoms with van der Waals surface area (Å²) < 4.78 is 27.2. The molecule has 170 valence electrons. The minimum atomic E-state index is -0.805. The lowest BCUT2D eigenvalue weighted by Gasteiger charge is -2.36. The van der Waals surface area contributed by atoms with E-state index in [4.69, 9.17) is 0 Å². The van der Waals surface area contributed by atoms with Crippen molar-refractivity contribution >= 4 is 17.7 Å². The highest BCUT2D eigenvalue weighted by atomic mass is 19.1. The fraction of sp³-hybridized carbons (Fsp3) is 0.375. The third kappa shape index (κ3) is 5.69. The summed E-state index contributed by atoms with van der Waals surface area (Å²) in [5.41, 5.74) is 0.269. The smallest absolute Gasteiger partial charge is 0.256 e. The molecule has 1 aliphatic rings. The molecule has 32 heavy (non-hydrogen) atoms. The Balaban J connectivity index is 1.70. The van der Waals surface area contributed by atoms with Gasteiger partial charge in [0.15, 0.2) is 0 Å². The first-order chi connectivity index (χ1) is 15.3. The third-order valence-corrected chi connectivity index (χ3v) is 5.51. The summed E-state index contributed by atoms with van der Waals surface area (Å²) in [6, 6.07) is 10.0. The molecular weight excluding hydrogens is 416 g/mol. The number of hydrogen-bond acceptors (Lipinski definition) is 3. The van der Waals surface area contributed by atoms with E-state index in [1.807, 2.05) is 13.8 Å². The zero-order valence-electron chi connectivity index (χ0n) is 18.1. The first-order valence-corrected chi connectivity index (χ1v) is 10.7. The van der Waals surface area contributed by atoms with E-state index in [1.54, 1.807) is 11.0 Å². The van der Waals surface area contributed by atoms with Crippen molar-refractivity contribution < 1.29 is 23.2 Å². The largest absolute Gasteiger partial charge is 0.352 e. The number of hydrogen-bond donors (Lipinski definition) is 2. The van der Waals surface area contributed by atoms with Crippen molar-refractivity contribution in [3.05, 3.63) is 71.3 Å². The van der Waals surface area contributed by atoms with E-state index in [0.717, 1.165) is 0 Å². The van der Waals surface area contributed by atoms with Crippen LogP contribution in [0, 0.1) is 17.6 Å². The molecule has 1 heterocycles. The third-order valence-electron chi connectivity index (χ3n) is 5.51. The quantitative estimate of drug-likeness (QED) is 0.720. The van der Waals surface area contributed by atoms with Crippen LogP contribution in [0.5, 0.6) is 0 Å². The van der Waals surface area contributed by atoms with Gasteiger partial charge in [0.2, 0.25) is 5.91 Å². The second-order valence-electron chi connectivity index (χ2n) is 8.23. The molecule has 1 atom stereocenters. The summed E-state index contributed by atoms with van der Waals surface area (Å²) >= 11 is 0. The summed E-state index contributed by atoms with van der Waals surface area (Å²) in [7, 11) is 0. The zero-order valence-corrected chi connectivity index (χ0v) is 18.1. The molecule has 1 aliphatic heterocycles. The first-order valence-electron chi connectivity index (χ1n) is 10.7. The lowest BCUT2D eigenvalue weighted by Crippen LogP contribution is -2.54. The lowest BCUT2D eigenvalue weighted by atomic mass is 9.88. The summed E-state index contributed by atoms with van der Waals surface area (Å²) in [5, 5.41) is 5.61. The van der Waals surface area contributed by atoms with Crippen LogP contribution in [0.15, 0.2) is 48.5 Å². The lowest BCUT2D eigenvalue weighted by molar-refractivity contribution is -0.125. The van der Waals surface area contributed by atoms with Crippen molar-refractivity contribution in [3.8, 4) is 0 Å². The highest BCUT2D eigenvalue weighted by molar-refractivity contribution is 5.97. The maximum absolute atomic E-state index is 14.0. The zero-order chi connectivity index (χ0) is 23.3. The molecular formula is C24H27F2N3O3. The van der Waals surface area contributed by atoms with Crippen molar-refractivity contribution in [2.24, 2.45) is 5.92 Å². The van der Waals surface area contributed by atoms with Gasteiger partial charge in [0.1, 0.15) is 17.7 Å². The predicted molar refractivity (Wildman–Crippen MR) is 116 cm³/mol. The van der Waals surface area contributed by atoms with Crippen LogP contribution in [-0.2, 0) is 4.79 Å². The van der Waals surface area contributed by atoms with E-state index in [-0.39, 0.29) is 34.9 Å². The first kappa shape index (κ1) is 23.4. The van der Waals surface area contributed by atoms with Crippen LogP contribution in [0.3, 0.4) is 0 Å². The van der Waals surface area contributed by atoms with Gasteiger partial charge in [0.05, 0.1) is 5.56 Å². The molecule has 8 heteroatoms. The van der Waals surface area contributed by atoms with Crippen molar-refractivity contribution in [1.82, 2.24) is 15.5 Å². The monoisotopic (exact) mass is 443 g/mol. The Morgan fingerprint density at radius 3 is 2.16 bits per heavy atom. The number of piperidine rings is 1. The Morgan fingerprint density at radius 2 is 1.56 bits per heavy atom. The van der Waals surface area contributed by atoms with E-state index in [0.29, 0.717) is 25.9 Å². The number of carbonyl (C=O) groups is 3. The van der Waals surface area contributed by atoms with Crippen LogP contribution in [-0.4, -0.2) is 47.8 Å². The fourth-order valence-electron chi connectivity index (χ4n) is 3.84. The number of benzene rings is 2. The van der Waals surface area contributed by atoms with Gasteiger partial charge in [0.25, 0.3) is 11.8 Å². The van der Waals surface area contributed by atoms with Crippen LogP contribution < -0.4 is 10.6 Å². The molecule has 0 spiro atoms. The van der Waals surface area contributed by atoms with Crippen LogP contribution in [0.25, 0.3) is 0 Å². The molecule has 1 saturated heterocycles. The van der Waals surface area contributed by atoms with Gasteiger partial charge in [-0.2, -0.15) is 0 Å². The van der Waals surface area contributed by atoms with Gasteiger partial charge < -0.3 is 15.5 Å². The fourth-order valence-corrected chi connectivity index (χ4v) is 3.84. The number of rotatable bonds is 6. The standard InChI is InChI=1S/C24H27F2N3O3/c1-15(2)27-23(31)21(28-22(30)17-7-9-18(25)10-8-17)16-11-13-29(14-12-16)24(32)19-5-3-4-6-20(19)26/h3-10,15-16,21H,11-14H2,1-2H3,(H,27,31)(H,28,30)/t21-/m1/s1. The number of nitrogens with one attached hydrogen (secondary N) is 2. The molecule has 0 radical (unpaired) electrons. The van der Waals surface area contributed by atoms with Gasteiger partial charge in [-0.3, -0.25) is 14.4 Å². The topological polar surface area (TPSA) is 78.5 Å². The SMILES string of the molecule is CC(C)NC(=O)[C@H](NC(=O)c1ccc(F)cc1)C1CCN(C(=O)c2ccccc2F)CC1. The molecule has 2 aromatic carbocycles. The van der Waals surface area contributed by atoms with E-state index >= 15 is 0 Å². The Labute approximate surface area is 186 Å². The van der Waals surface area contributed by atoms with Gasteiger partial charge in [-0.25, -0.2) is 8.78 Å². The van der Waals surface area contributed by atoms with Crippen molar-refractivity contribution in [1.29, 1.82) is 0 Å². The van der Waals surface area contributed by atoms with Crippen LogP contribution >= 0.6 is 0 Å². The summed E-state index contributed by atoms with van der Waals surface area (Å²) in [4.78, 5) is 39.8. The van der Waals surface area contributed by atoms with Gasteiger partial charge in [-0.1, -0.05) is 12.1 Å². The molecule has 0 saturated carbocycles. The highest BCUT2D eigenvalue weighted by Crippen LogP contribution is 2.23. The predicted octanol–water partition coefficient (Wildman–Crippen LogP) is 3.14. The number of halogens is 2. The molecule has 1 fully saturated rings. The number of carbonyl (C=O) groups excluding carboxylic acids is 3. The van der Waals surface area contributed by atoms with Crippen molar-refractivity contribution in [2.45, 2.75) is 38.8 Å². The van der Waals surface area contributed by atoms with E-state index in [9.17, 15) is 23.2 Å². The van der Waals surface area contributed by atoms with Gasteiger partial charge in [-0.15, -0.1) is 0 Å². The average molecular weight is 443 g/mol. The minimum absolute atomic E-state index is 0.0182. The number of nitrogens with zero attached hydrogens (tertiary/aromatic N) is 1. The van der Waals surface area contributed by atoms with Crippen LogP contribution in [0.2, 0.25) is 0 Å². The molecule has 3 amide bonds. The second kappa shape index (κ2) is 10.3. The molecule has 0 aromatic heterocycles. The van der Waals surface area contributed by atoms with Crippen molar-refractivity contribution in [3.63, 3.8) is 0 Å². The van der Waals surface area contributed by atoms with E-state index in [2.05, 4.69) is 10.6 Å². The summed E-state index contributed by atoms with van der Waals surface area (Å²) in [6.07, 6.45) is 0.945. The van der Waals surface area contributed by atoms with Gasteiger partial charge in [-0.05, 0) is 69.0 Å². The van der Waals surface area contributed by atoms with Crippen molar-refractivity contribution in [2.75, 3.05) is 13.1 Å². The normalized spacial score (nSPS) is 15.3. The minimum Gasteiger partial charge on any atom is -0.352 e. The number of likely N-dealkylation sites (tertiary alicyclic amines) is 1. The Kier molecular flexibility index (Phi) is 7.56. The maximum atomic E-state index is 14.0. The second-order valence-corrected chi connectivity index (χ2v) is 8.23. The van der Waals surface area contributed by atoms with E-state index in [1.165, 1.54) is 42.5 Å².